The van der Waals surface area contributed by atoms with Crippen LogP contribution in [0, 0.1) is 0 Å². The zero-order valence-corrected chi connectivity index (χ0v) is 13.1. The van der Waals surface area contributed by atoms with E-state index in [2.05, 4.69) is 12.6 Å². The second kappa shape index (κ2) is 9.70. The van der Waals surface area contributed by atoms with Gasteiger partial charge in [0.25, 0.3) is 0 Å². The van der Waals surface area contributed by atoms with Crippen molar-refractivity contribution in [3.63, 3.8) is 0 Å². The van der Waals surface area contributed by atoms with Crippen molar-refractivity contribution in [2.45, 2.75) is 32.1 Å². The van der Waals surface area contributed by atoms with E-state index in [0.717, 1.165) is 6.42 Å². The molecule has 0 aromatic carbocycles. The molecule has 1 aromatic heterocycles. The summed E-state index contributed by atoms with van der Waals surface area (Å²) in [4.78, 5) is 11.2. The quantitative estimate of drug-likeness (QED) is 0.428. The Hall–Kier alpha value is -1.18. The van der Waals surface area contributed by atoms with Crippen LogP contribution in [0.4, 0.5) is 0 Å². The molecule has 0 atom stereocenters. The van der Waals surface area contributed by atoms with Gasteiger partial charge in [0.1, 0.15) is 6.61 Å². The van der Waals surface area contributed by atoms with Crippen LogP contribution in [0.5, 0.6) is 11.8 Å². The Morgan fingerprint density at radius 3 is 2.62 bits per heavy atom. The van der Waals surface area contributed by atoms with Crippen LogP contribution >= 0.6 is 12.6 Å². The lowest BCUT2D eigenvalue weighted by Crippen LogP contribution is -2.13. The van der Waals surface area contributed by atoms with Crippen LogP contribution < -0.4 is 0 Å². The molecule has 0 bridgehead atoms. The number of hydrogen-bond acceptors (Lipinski definition) is 6. The molecule has 0 unspecified atom stereocenters. The summed E-state index contributed by atoms with van der Waals surface area (Å²) in [5.74, 6) is 0.445. The molecule has 0 aliphatic carbocycles. The molecule has 7 heteroatoms. The highest BCUT2D eigenvalue weighted by molar-refractivity contribution is 7.79. The van der Waals surface area contributed by atoms with E-state index < -0.39 is 0 Å². The fourth-order valence-electron chi connectivity index (χ4n) is 1.83. The van der Waals surface area contributed by atoms with Crippen molar-refractivity contribution in [3.8, 4) is 11.8 Å². The predicted octanol–water partition coefficient (Wildman–Crippen LogP) is 1.73. The van der Waals surface area contributed by atoms with E-state index in [9.17, 15) is 15.0 Å². The van der Waals surface area contributed by atoms with Gasteiger partial charge in [0.2, 0.25) is 0 Å². The molecule has 0 fully saturated rings. The van der Waals surface area contributed by atoms with Gasteiger partial charge < -0.3 is 19.7 Å². The molecule has 0 aliphatic heterocycles. The predicted molar refractivity (Wildman–Crippen MR) is 82.0 cm³/mol. The number of carbonyl (C=O) groups excluding carboxylic acids is 1. The highest BCUT2D eigenvalue weighted by Crippen LogP contribution is 2.28. The van der Waals surface area contributed by atoms with Gasteiger partial charge in [-0.15, -0.1) is 0 Å². The summed E-state index contributed by atoms with van der Waals surface area (Å²) in [6.07, 6.45) is 1.37. The Morgan fingerprint density at radius 1 is 1.29 bits per heavy atom. The second-order valence-corrected chi connectivity index (χ2v) is 4.93. The molecule has 1 aromatic rings. The monoisotopic (exact) mass is 317 g/mol. The van der Waals surface area contributed by atoms with Gasteiger partial charge in [0.15, 0.2) is 17.5 Å². The molecule has 0 radical (unpaired) electrons. The van der Waals surface area contributed by atoms with E-state index in [4.69, 9.17) is 9.47 Å². The van der Waals surface area contributed by atoms with Gasteiger partial charge in [0.05, 0.1) is 26.4 Å². The number of carbonyl (C=O) groups is 1. The average molecular weight is 317 g/mol. The SMILES string of the molecule is CCCC(=O)COCCOCCn1c(O)cc(CS)c1O. The topological polar surface area (TPSA) is 80.9 Å². The van der Waals surface area contributed by atoms with Crippen LogP contribution in [0.25, 0.3) is 0 Å². The summed E-state index contributed by atoms with van der Waals surface area (Å²) in [7, 11) is 0. The van der Waals surface area contributed by atoms with Crippen LogP contribution in [0.3, 0.4) is 0 Å². The lowest BCUT2D eigenvalue weighted by atomic mass is 10.2. The maximum atomic E-state index is 11.2. The molecule has 0 spiro atoms. The lowest BCUT2D eigenvalue weighted by Gasteiger charge is -2.08. The fraction of sp³-hybridized carbons (Fsp3) is 0.643. The van der Waals surface area contributed by atoms with E-state index in [0.29, 0.717) is 44.1 Å². The van der Waals surface area contributed by atoms with Gasteiger partial charge in [-0.25, -0.2) is 0 Å². The summed E-state index contributed by atoms with van der Waals surface area (Å²) in [5, 5.41) is 19.4. The molecule has 0 amide bonds. The highest BCUT2D eigenvalue weighted by Gasteiger charge is 2.12. The zero-order chi connectivity index (χ0) is 15.7. The maximum absolute atomic E-state index is 11.2. The molecule has 1 rings (SSSR count). The molecule has 6 nitrogen and oxygen atoms in total. The average Bonchev–Trinajstić information content (AvgIpc) is 2.73. The molecule has 0 aliphatic rings. The number of thiol groups is 1. The number of Topliss-reactive ketones (excluding diaryl/α,β-unsaturated/α-hetero) is 1. The summed E-state index contributed by atoms with van der Waals surface area (Å²) in [6.45, 7) is 3.45. The first-order valence-electron chi connectivity index (χ1n) is 6.98. The van der Waals surface area contributed by atoms with E-state index >= 15 is 0 Å². The van der Waals surface area contributed by atoms with Crippen LogP contribution in [-0.4, -0.2) is 47.0 Å². The van der Waals surface area contributed by atoms with Crippen molar-refractivity contribution in [1.29, 1.82) is 0 Å². The minimum atomic E-state index is -0.0124. The van der Waals surface area contributed by atoms with E-state index in [-0.39, 0.29) is 24.2 Å². The van der Waals surface area contributed by atoms with Gasteiger partial charge in [-0.3, -0.25) is 9.36 Å². The molecule has 21 heavy (non-hydrogen) atoms. The van der Waals surface area contributed by atoms with Gasteiger partial charge in [0, 0.05) is 23.8 Å². The van der Waals surface area contributed by atoms with Crippen molar-refractivity contribution in [1.82, 2.24) is 4.57 Å². The van der Waals surface area contributed by atoms with Crippen LogP contribution in [0.2, 0.25) is 0 Å². The van der Waals surface area contributed by atoms with Crippen LogP contribution in [0.1, 0.15) is 25.3 Å². The minimum absolute atomic E-state index is 0.00696. The molecule has 0 saturated carbocycles. The highest BCUT2D eigenvalue weighted by atomic mass is 32.1. The molecule has 0 saturated heterocycles. The fourth-order valence-corrected chi connectivity index (χ4v) is 2.06. The normalized spacial score (nSPS) is 11.0. The van der Waals surface area contributed by atoms with Crippen molar-refractivity contribution < 1.29 is 24.5 Å². The Bertz CT molecular complexity index is 447. The van der Waals surface area contributed by atoms with Crippen molar-refractivity contribution in [3.05, 3.63) is 11.6 Å². The third kappa shape index (κ3) is 5.99. The van der Waals surface area contributed by atoms with E-state index in [1.54, 1.807) is 0 Å². The van der Waals surface area contributed by atoms with E-state index in [1.807, 2.05) is 6.92 Å². The standard InChI is InChI=1S/C14H23NO5S/c1-2-3-12(16)9-20-7-6-19-5-4-15-13(17)8-11(10-21)14(15)18/h8,17-18,21H,2-7,9-10H2,1H3. The van der Waals surface area contributed by atoms with Crippen molar-refractivity contribution in [2.24, 2.45) is 0 Å². The number of rotatable bonds is 11. The molecular formula is C14H23NO5S. The Balaban J connectivity index is 2.15. The summed E-state index contributed by atoms with van der Waals surface area (Å²) < 4.78 is 11.9. The summed E-state index contributed by atoms with van der Waals surface area (Å²) in [5.41, 5.74) is 0.577. The first-order valence-corrected chi connectivity index (χ1v) is 7.61. The molecular weight excluding hydrogens is 294 g/mol. The summed E-state index contributed by atoms with van der Waals surface area (Å²) in [6, 6.07) is 1.48. The van der Waals surface area contributed by atoms with Crippen molar-refractivity contribution >= 4 is 18.4 Å². The third-order valence-corrected chi connectivity index (χ3v) is 3.26. The van der Waals surface area contributed by atoms with Crippen molar-refractivity contribution in [2.75, 3.05) is 26.4 Å². The van der Waals surface area contributed by atoms with Crippen LogP contribution in [-0.2, 0) is 26.6 Å². The smallest absolute Gasteiger partial charge is 0.198 e. The Labute approximate surface area is 130 Å². The van der Waals surface area contributed by atoms with Gasteiger partial charge in [-0.2, -0.15) is 12.6 Å². The molecule has 1 heterocycles. The third-order valence-electron chi connectivity index (χ3n) is 2.92. The molecule has 2 N–H and O–H groups in total. The Kier molecular flexibility index (Phi) is 8.26. The minimum Gasteiger partial charge on any atom is -0.494 e. The zero-order valence-electron chi connectivity index (χ0n) is 12.2. The van der Waals surface area contributed by atoms with E-state index in [1.165, 1.54) is 10.6 Å². The number of nitrogens with zero attached hydrogens (tertiary/aromatic N) is 1. The molecule has 120 valence electrons. The number of aromatic nitrogens is 1. The Morgan fingerprint density at radius 2 is 2.00 bits per heavy atom. The number of ether oxygens (including phenoxy) is 2. The lowest BCUT2D eigenvalue weighted by molar-refractivity contribution is -0.124. The maximum Gasteiger partial charge on any atom is 0.198 e. The van der Waals surface area contributed by atoms with Gasteiger partial charge in [-0.05, 0) is 6.42 Å². The number of hydrogen-bond donors (Lipinski definition) is 3. The van der Waals surface area contributed by atoms with Crippen LogP contribution in [0.15, 0.2) is 6.07 Å². The first kappa shape index (κ1) is 17.9. The largest absolute Gasteiger partial charge is 0.494 e. The van der Waals surface area contributed by atoms with Gasteiger partial charge >= 0.3 is 0 Å². The summed E-state index contributed by atoms with van der Waals surface area (Å²) >= 11 is 4.06. The number of ketones is 1. The van der Waals surface area contributed by atoms with Gasteiger partial charge in [-0.1, -0.05) is 6.92 Å². The first-order chi connectivity index (χ1) is 10.1. The second-order valence-electron chi connectivity index (χ2n) is 4.61. The number of aromatic hydroxyl groups is 2.